The maximum absolute atomic E-state index is 14.7. The van der Waals surface area contributed by atoms with E-state index in [4.69, 9.17) is 17.3 Å². The highest BCUT2D eigenvalue weighted by Crippen LogP contribution is 2.40. The third-order valence-electron chi connectivity index (χ3n) is 7.13. The number of halogens is 3. The van der Waals surface area contributed by atoms with Gasteiger partial charge in [-0.25, -0.2) is 13.8 Å². The number of alkyl halides is 2. The summed E-state index contributed by atoms with van der Waals surface area (Å²) in [6, 6.07) is 5.00. The molecule has 0 aliphatic carbocycles. The molecule has 1 saturated heterocycles. The van der Waals surface area contributed by atoms with Gasteiger partial charge in [-0.05, 0) is 31.2 Å². The number of aryl methyl sites for hydroxylation is 2. The Bertz CT molecular complexity index is 1510. The van der Waals surface area contributed by atoms with Crippen molar-refractivity contribution < 1.29 is 13.6 Å². The van der Waals surface area contributed by atoms with Crippen molar-refractivity contribution in [2.75, 3.05) is 36.9 Å². The van der Waals surface area contributed by atoms with Crippen LogP contribution in [0.3, 0.4) is 0 Å². The minimum Gasteiger partial charge on any atom is -0.359 e. The number of piperidine rings is 1. The molecule has 1 amide bonds. The second kappa shape index (κ2) is 11.3. The predicted octanol–water partition coefficient (Wildman–Crippen LogP) is 2.08. The van der Waals surface area contributed by atoms with E-state index >= 15 is 0 Å². The maximum Gasteiger partial charge on any atom is 0.316 e. The van der Waals surface area contributed by atoms with Crippen LogP contribution in [0.15, 0.2) is 34.0 Å². The molecule has 0 radical (unpaired) electrons. The van der Waals surface area contributed by atoms with Crippen LogP contribution in [0.1, 0.15) is 19.8 Å². The van der Waals surface area contributed by atoms with Gasteiger partial charge < -0.3 is 30.4 Å². The Morgan fingerprint density at radius 2 is 1.97 bits per heavy atom. The Labute approximate surface area is 228 Å². The van der Waals surface area contributed by atoms with E-state index < -0.39 is 28.9 Å². The molecule has 0 spiro atoms. The average Bonchev–Trinajstić information content (AvgIpc) is 2.91. The number of rotatable bonds is 8. The zero-order valence-corrected chi connectivity index (χ0v) is 22.6. The van der Waals surface area contributed by atoms with Crippen molar-refractivity contribution in [1.82, 2.24) is 24.4 Å². The second-order valence-corrected chi connectivity index (χ2v) is 10.1. The number of hydrogen-bond donors (Lipinski definition) is 3. The Morgan fingerprint density at radius 1 is 1.23 bits per heavy atom. The molecular weight excluding hydrogens is 534 g/mol. The van der Waals surface area contributed by atoms with Crippen molar-refractivity contribution in [3.05, 3.63) is 50.1 Å². The Kier molecular flexibility index (Phi) is 8.21. The van der Waals surface area contributed by atoms with Crippen LogP contribution in [0.25, 0.3) is 11.0 Å². The van der Waals surface area contributed by atoms with Gasteiger partial charge in [-0.3, -0.25) is 14.4 Å². The molecule has 2 atom stereocenters. The van der Waals surface area contributed by atoms with Gasteiger partial charge in [0.15, 0.2) is 5.82 Å². The van der Waals surface area contributed by atoms with Crippen LogP contribution >= 0.6 is 11.6 Å². The van der Waals surface area contributed by atoms with Crippen molar-refractivity contribution in [3.8, 4) is 0 Å². The molecule has 11 nitrogen and oxygen atoms in total. The molecule has 0 bridgehead atoms. The zero-order valence-electron chi connectivity index (χ0n) is 21.9. The van der Waals surface area contributed by atoms with Gasteiger partial charge in [-0.15, -0.1) is 0 Å². The summed E-state index contributed by atoms with van der Waals surface area (Å²) in [6.07, 6.45) is 1.58. The topological polar surface area (TPSA) is 140 Å². The van der Waals surface area contributed by atoms with Gasteiger partial charge in [0.1, 0.15) is 5.02 Å². The van der Waals surface area contributed by atoms with E-state index in [0.717, 1.165) is 0 Å². The van der Waals surface area contributed by atoms with Gasteiger partial charge in [-0.1, -0.05) is 18.5 Å². The van der Waals surface area contributed by atoms with E-state index in [9.17, 15) is 23.2 Å². The standard InChI is InChI=1S/C25H31ClF2N8O3/c1-14-12-35(13-15(6-8-29)25(14,27)28)24-31-11-17(26)21(33-24)32-16-4-5-18-19(10-16)36(9-7-20(37)30-2)23(39)22(38)34(18)3/h4-5,10-11,14-15H,6-9,12-13,29H2,1-3H3,(H,30,37)(H,31,32,33)/t14-,15+/m1/s1. The Balaban J connectivity index is 1.68. The van der Waals surface area contributed by atoms with Gasteiger partial charge in [0.25, 0.3) is 5.92 Å². The third-order valence-corrected chi connectivity index (χ3v) is 7.41. The highest BCUT2D eigenvalue weighted by atomic mass is 35.5. The average molecular weight is 565 g/mol. The van der Waals surface area contributed by atoms with Crippen LogP contribution in [-0.2, 0) is 18.4 Å². The molecule has 4 N–H and O–H groups in total. The van der Waals surface area contributed by atoms with Crippen LogP contribution < -0.4 is 32.4 Å². The van der Waals surface area contributed by atoms with Gasteiger partial charge in [-0.2, -0.15) is 4.98 Å². The van der Waals surface area contributed by atoms with Gasteiger partial charge in [0.05, 0.1) is 17.2 Å². The molecule has 39 heavy (non-hydrogen) atoms. The van der Waals surface area contributed by atoms with Crippen molar-refractivity contribution in [2.24, 2.45) is 24.6 Å². The number of nitrogens with zero attached hydrogens (tertiary/aromatic N) is 5. The van der Waals surface area contributed by atoms with Crippen LogP contribution in [-0.4, -0.2) is 57.6 Å². The quantitative estimate of drug-likeness (QED) is 0.353. The summed E-state index contributed by atoms with van der Waals surface area (Å²) in [5.74, 6) is -4.48. The first kappa shape index (κ1) is 28.4. The number of aromatic nitrogens is 4. The number of nitrogens with two attached hydrogens (primary N) is 1. The van der Waals surface area contributed by atoms with E-state index in [1.54, 1.807) is 23.1 Å². The fourth-order valence-electron chi connectivity index (χ4n) is 4.84. The molecule has 14 heteroatoms. The monoisotopic (exact) mass is 564 g/mol. The van der Waals surface area contributed by atoms with Crippen LogP contribution in [0.2, 0.25) is 5.02 Å². The van der Waals surface area contributed by atoms with Crippen molar-refractivity contribution in [1.29, 1.82) is 0 Å². The van der Waals surface area contributed by atoms with Crippen LogP contribution in [0, 0.1) is 11.8 Å². The molecule has 210 valence electrons. The largest absolute Gasteiger partial charge is 0.359 e. The van der Waals surface area contributed by atoms with Crippen molar-refractivity contribution >= 4 is 46.0 Å². The summed E-state index contributed by atoms with van der Waals surface area (Å²) in [5.41, 5.74) is 5.54. The summed E-state index contributed by atoms with van der Waals surface area (Å²) >= 11 is 6.37. The molecular formula is C25H31ClF2N8O3. The smallest absolute Gasteiger partial charge is 0.316 e. The van der Waals surface area contributed by atoms with Gasteiger partial charge in [0, 0.05) is 57.7 Å². The van der Waals surface area contributed by atoms with Crippen LogP contribution in [0.5, 0.6) is 0 Å². The zero-order chi connectivity index (χ0) is 28.5. The maximum atomic E-state index is 14.7. The van der Waals surface area contributed by atoms with E-state index in [-0.39, 0.29) is 61.7 Å². The number of anilines is 3. The lowest BCUT2D eigenvalue weighted by molar-refractivity contribution is -0.120. The first-order chi connectivity index (χ1) is 18.5. The predicted molar refractivity (Wildman–Crippen MR) is 146 cm³/mol. The number of carbonyl (C=O) groups excluding carboxylic acids is 1. The lowest BCUT2D eigenvalue weighted by atomic mass is 9.84. The summed E-state index contributed by atoms with van der Waals surface area (Å²) in [4.78, 5) is 47.5. The SMILES string of the molecule is CNC(=O)CCn1c(=O)c(=O)n(C)c2ccc(Nc3nc(N4C[C@H](CCN)C(F)(F)[C@H](C)C4)ncc3Cl)cc21. The number of carbonyl (C=O) groups is 1. The Hall–Kier alpha value is -3.58. The number of fused-ring (bicyclic) bond motifs is 1. The fourth-order valence-corrected chi connectivity index (χ4v) is 4.98. The number of nitrogens with one attached hydrogen (secondary N) is 2. The van der Waals surface area contributed by atoms with E-state index in [0.29, 0.717) is 16.7 Å². The normalized spacial score (nSPS) is 18.8. The number of amides is 1. The lowest BCUT2D eigenvalue weighted by Crippen LogP contribution is -2.53. The molecule has 2 aromatic heterocycles. The minimum absolute atomic E-state index is 0.00863. The Morgan fingerprint density at radius 3 is 2.67 bits per heavy atom. The molecule has 3 aromatic rings. The van der Waals surface area contributed by atoms with Gasteiger partial charge >= 0.3 is 11.1 Å². The van der Waals surface area contributed by atoms with Gasteiger partial charge in [0.2, 0.25) is 11.9 Å². The molecule has 1 fully saturated rings. The fraction of sp³-hybridized carbons (Fsp3) is 0.480. The summed E-state index contributed by atoms with van der Waals surface area (Å²) in [5, 5.41) is 5.80. The molecule has 0 unspecified atom stereocenters. The summed E-state index contributed by atoms with van der Waals surface area (Å²) in [7, 11) is 2.99. The molecule has 4 rings (SSSR count). The minimum atomic E-state index is -2.85. The van der Waals surface area contributed by atoms with Crippen molar-refractivity contribution in [3.63, 3.8) is 0 Å². The lowest BCUT2D eigenvalue weighted by Gasteiger charge is -2.42. The van der Waals surface area contributed by atoms with Crippen LogP contribution in [0.4, 0.5) is 26.2 Å². The van der Waals surface area contributed by atoms with Crippen molar-refractivity contribution in [2.45, 2.75) is 32.2 Å². The molecule has 1 aromatic carbocycles. The molecule has 3 heterocycles. The molecule has 1 aliphatic heterocycles. The molecule has 0 saturated carbocycles. The first-order valence-electron chi connectivity index (χ1n) is 12.5. The molecule has 1 aliphatic rings. The number of benzene rings is 1. The third kappa shape index (κ3) is 5.59. The second-order valence-electron chi connectivity index (χ2n) is 9.69. The highest BCUT2D eigenvalue weighted by Gasteiger charge is 2.49. The highest BCUT2D eigenvalue weighted by molar-refractivity contribution is 6.32. The summed E-state index contributed by atoms with van der Waals surface area (Å²) < 4.78 is 31.9. The number of hydrogen-bond acceptors (Lipinski definition) is 8. The summed E-state index contributed by atoms with van der Waals surface area (Å²) in [6.45, 7) is 1.77. The van der Waals surface area contributed by atoms with E-state index in [1.807, 2.05) is 0 Å². The van der Waals surface area contributed by atoms with E-state index in [1.165, 1.54) is 36.4 Å². The van der Waals surface area contributed by atoms with E-state index in [2.05, 4.69) is 20.6 Å². The first-order valence-corrected chi connectivity index (χ1v) is 12.9.